The summed E-state index contributed by atoms with van der Waals surface area (Å²) in [6.45, 7) is 10.9. The third-order valence-corrected chi connectivity index (χ3v) is 9.00. The van der Waals surface area contributed by atoms with Crippen LogP contribution in [-0.2, 0) is 4.79 Å². The second kappa shape index (κ2) is 12.2. The molecule has 2 heterocycles. The SMILES string of the molecule is CCN(CC)C(=O)C1=C(C)N=c2s/c(=C/c3cc(I)c(OC(C)C)c(I)c3)c(=O)n2[C@@H]1c1ccc(Cl)cc1. The third kappa shape index (κ3) is 5.90. The number of thiazole rings is 1. The normalized spacial score (nSPS) is 15.5. The van der Waals surface area contributed by atoms with Gasteiger partial charge in [0.25, 0.3) is 11.5 Å². The summed E-state index contributed by atoms with van der Waals surface area (Å²) in [6, 6.07) is 10.7. The number of fused-ring (bicyclic) bond motifs is 1. The van der Waals surface area contributed by atoms with E-state index in [2.05, 4.69) is 45.2 Å². The summed E-state index contributed by atoms with van der Waals surface area (Å²) in [5, 5.41) is 0.590. The predicted octanol–water partition coefficient (Wildman–Crippen LogP) is 5.75. The monoisotopic (exact) mass is 775 g/mol. The minimum atomic E-state index is -0.596. The molecule has 1 aliphatic heterocycles. The summed E-state index contributed by atoms with van der Waals surface area (Å²) in [6.07, 6.45) is 1.95. The molecule has 0 fully saturated rings. The molecule has 0 aliphatic carbocycles. The molecule has 1 atom stereocenters. The van der Waals surface area contributed by atoms with E-state index in [1.807, 2.05) is 65.0 Å². The average molecular weight is 776 g/mol. The number of amides is 1. The van der Waals surface area contributed by atoms with Gasteiger partial charge in [-0.05, 0) is 121 Å². The molecule has 0 radical (unpaired) electrons. The lowest BCUT2D eigenvalue weighted by molar-refractivity contribution is -0.127. The van der Waals surface area contributed by atoms with Crippen LogP contribution in [0.2, 0.25) is 5.02 Å². The van der Waals surface area contributed by atoms with Crippen molar-refractivity contribution in [3.05, 3.63) is 90.6 Å². The predicted molar refractivity (Wildman–Crippen MR) is 171 cm³/mol. The zero-order valence-corrected chi connectivity index (χ0v) is 27.6. The molecule has 0 unspecified atom stereocenters. The minimum absolute atomic E-state index is 0.0657. The van der Waals surface area contributed by atoms with Crippen LogP contribution in [0.15, 0.2) is 57.5 Å². The van der Waals surface area contributed by atoms with E-state index in [4.69, 9.17) is 21.3 Å². The number of hydrogen-bond donors (Lipinski definition) is 0. The number of ether oxygens (including phenoxy) is 1. The molecule has 0 saturated heterocycles. The molecule has 3 aromatic rings. The molecule has 0 N–H and O–H groups in total. The molecule has 200 valence electrons. The first-order valence-electron chi connectivity index (χ1n) is 12.3. The highest BCUT2D eigenvalue weighted by Crippen LogP contribution is 2.32. The van der Waals surface area contributed by atoms with Gasteiger partial charge in [-0.1, -0.05) is 35.1 Å². The van der Waals surface area contributed by atoms with Crippen molar-refractivity contribution >= 4 is 80.1 Å². The topological polar surface area (TPSA) is 63.9 Å². The van der Waals surface area contributed by atoms with Gasteiger partial charge in [0.05, 0.1) is 35.1 Å². The summed E-state index contributed by atoms with van der Waals surface area (Å²) in [4.78, 5) is 34.7. The Morgan fingerprint density at radius 3 is 2.34 bits per heavy atom. The van der Waals surface area contributed by atoms with Gasteiger partial charge in [-0.25, -0.2) is 4.99 Å². The number of carbonyl (C=O) groups excluding carboxylic acids is 1. The van der Waals surface area contributed by atoms with Crippen LogP contribution in [0.1, 0.15) is 51.8 Å². The lowest BCUT2D eigenvalue weighted by atomic mass is 9.94. The summed E-state index contributed by atoms with van der Waals surface area (Å²) in [5.41, 5.74) is 2.66. The zero-order chi connectivity index (χ0) is 27.7. The summed E-state index contributed by atoms with van der Waals surface area (Å²) >= 11 is 12.0. The molecule has 38 heavy (non-hydrogen) atoms. The van der Waals surface area contributed by atoms with Crippen molar-refractivity contribution in [3.63, 3.8) is 0 Å². The van der Waals surface area contributed by atoms with Crippen molar-refractivity contribution in [1.29, 1.82) is 0 Å². The highest BCUT2D eigenvalue weighted by Gasteiger charge is 2.34. The Morgan fingerprint density at radius 1 is 1.18 bits per heavy atom. The first-order valence-corrected chi connectivity index (χ1v) is 15.6. The van der Waals surface area contributed by atoms with Gasteiger partial charge in [0.15, 0.2) is 4.80 Å². The molecule has 1 aliphatic rings. The summed E-state index contributed by atoms with van der Waals surface area (Å²) in [7, 11) is 0. The zero-order valence-electron chi connectivity index (χ0n) is 21.7. The van der Waals surface area contributed by atoms with Crippen LogP contribution >= 0.6 is 68.1 Å². The minimum Gasteiger partial charge on any atom is -0.489 e. The molecule has 1 amide bonds. The Balaban J connectivity index is 1.91. The molecular weight excluding hydrogens is 748 g/mol. The van der Waals surface area contributed by atoms with Gasteiger partial charge in [-0.15, -0.1) is 0 Å². The van der Waals surface area contributed by atoms with E-state index in [0.29, 0.717) is 38.7 Å². The van der Waals surface area contributed by atoms with Crippen molar-refractivity contribution in [1.82, 2.24) is 9.47 Å². The van der Waals surface area contributed by atoms with E-state index >= 15 is 0 Å². The highest BCUT2D eigenvalue weighted by molar-refractivity contribution is 14.1. The lowest BCUT2D eigenvalue weighted by Gasteiger charge is -2.29. The molecular formula is C28H28ClI2N3O3S. The Morgan fingerprint density at radius 2 is 1.79 bits per heavy atom. The van der Waals surface area contributed by atoms with Gasteiger partial charge >= 0.3 is 0 Å². The number of nitrogens with zero attached hydrogens (tertiary/aromatic N) is 3. The Hall–Kier alpha value is -1.70. The van der Waals surface area contributed by atoms with Crippen molar-refractivity contribution < 1.29 is 9.53 Å². The average Bonchev–Trinajstić information content (AvgIpc) is 3.16. The highest BCUT2D eigenvalue weighted by atomic mass is 127. The molecule has 4 rings (SSSR count). The quantitative estimate of drug-likeness (QED) is 0.288. The van der Waals surface area contributed by atoms with Crippen LogP contribution in [0.3, 0.4) is 0 Å². The second-order valence-electron chi connectivity index (χ2n) is 9.09. The maximum Gasteiger partial charge on any atom is 0.271 e. The molecule has 10 heteroatoms. The lowest BCUT2D eigenvalue weighted by Crippen LogP contribution is -2.43. The maximum atomic E-state index is 13.9. The fourth-order valence-corrected chi connectivity index (χ4v) is 7.64. The number of halogens is 3. The van der Waals surface area contributed by atoms with E-state index < -0.39 is 6.04 Å². The van der Waals surface area contributed by atoms with Gasteiger partial charge in [-0.3, -0.25) is 14.2 Å². The van der Waals surface area contributed by atoms with Gasteiger partial charge in [0.1, 0.15) is 5.75 Å². The van der Waals surface area contributed by atoms with E-state index in [1.165, 1.54) is 11.3 Å². The fraction of sp³-hybridized carbons (Fsp3) is 0.321. The second-order valence-corrected chi connectivity index (χ2v) is 12.9. The van der Waals surface area contributed by atoms with Gasteiger partial charge in [0.2, 0.25) is 0 Å². The van der Waals surface area contributed by atoms with Crippen LogP contribution in [0.4, 0.5) is 0 Å². The first-order chi connectivity index (χ1) is 18.0. The molecule has 0 bridgehead atoms. The fourth-order valence-electron chi connectivity index (χ4n) is 4.40. The van der Waals surface area contributed by atoms with Gasteiger partial charge in [0, 0.05) is 18.1 Å². The number of carbonyl (C=O) groups is 1. The van der Waals surface area contributed by atoms with Crippen LogP contribution in [-0.4, -0.2) is 34.6 Å². The van der Waals surface area contributed by atoms with Gasteiger partial charge in [-0.2, -0.15) is 0 Å². The Labute approximate surface area is 258 Å². The number of aromatic nitrogens is 1. The molecule has 6 nitrogen and oxygen atoms in total. The number of allylic oxidation sites excluding steroid dienone is 1. The number of benzene rings is 2. The van der Waals surface area contributed by atoms with E-state index in [9.17, 15) is 9.59 Å². The number of hydrogen-bond acceptors (Lipinski definition) is 5. The molecule has 0 spiro atoms. The Bertz CT molecular complexity index is 1570. The van der Waals surface area contributed by atoms with Crippen LogP contribution in [0.5, 0.6) is 5.75 Å². The largest absolute Gasteiger partial charge is 0.489 e. The van der Waals surface area contributed by atoms with Crippen molar-refractivity contribution in [2.45, 2.75) is 46.8 Å². The molecule has 2 aromatic carbocycles. The van der Waals surface area contributed by atoms with Crippen LogP contribution < -0.4 is 19.6 Å². The standard InChI is InChI=1S/C28H28ClI2N3O3S/c1-6-33(7-2)27(36)23-16(5)32-28-34(24(23)18-8-10-19(29)11-9-18)26(35)22(38-28)14-17-12-20(30)25(21(31)13-17)37-15(3)4/h8-15,24H,6-7H2,1-5H3/b22-14+/t24-/m1/s1. The third-order valence-electron chi connectivity index (χ3n) is 6.16. The molecule has 1 aromatic heterocycles. The first kappa shape index (κ1) is 29.3. The summed E-state index contributed by atoms with van der Waals surface area (Å²) < 4.78 is 10.1. The number of likely N-dealkylation sites (N-methyl/N-ethyl adjacent to an activating group) is 1. The maximum absolute atomic E-state index is 13.9. The van der Waals surface area contributed by atoms with E-state index in [1.54, 1.807) is 21.6 Å². The molecule has 0 saturated carbocycles. The van der Waals surface area contributed by atoms with Crippen LogP contribution in [0.25, 0.3) is 6.08 Å². The smallest absolute Gasteiger partial charge is 0.271 e. The van der Waals surface area contributed by atoms with Crippen molar-refractivity contribution in [3.8, 4) is 5.75 Å². The van der Waals surface area contributed by atoms with E-state index in [0.717, 1.165) is 24.0 Å². The van der Waals surface area contributed by atoms with Crippen molar-refractivity contribution in [2.75, 3.05) is 13.1 Å². The van der Waals surface area contributed by atoms with E-state index in [-0.39, 0.29) is 17.6 Å². The number of rotatable bonds is 7. The van der Waals surface area contributed by atoms with Crippen molar-refractivity contribution in [2.24, 2.45) is 4.99 Å². The Kier molecular flexibility index (Phi) is 9.42. The van der Waals surface area contributed by atoms with Gasteiger partial charge < -0.3 is 9.64 Å². The summed E-state index contributed by atoms with van der Waals surface area (Å²) in [5.74, 6) is 0.730. The van der Waals surface area contributed by atoms with Crippen LogP contribution in [0, 0.1) is 7.14 Å².